The number of piperazine rings is 1. The first-order chi connectivity index (χ1) is 16.1. The van der Waals surface area contributed by atoms with Gasteiger partial charge in [0.1, 0.15) is 6.61 Å². The highest BCUT2D eigenvalue weighted by atomic mass is 16.6. The highest BCUT2D eigenvalue weighted by Crippen LogP contribution is 2.31. The number of aryl methyl sites for hydroxylation is 1. The third-order valence-corrected chi connectivity index (χ3v) is 6.05. The van der Waals surface area contributed by atoms with Gasteiger partial charge in [0.15, 0.2) is 11.5 Å². The summed E-state index contributed by atoms with van der Waals surface area (Å²) < 4.78 is 11.5. The van der Waals surface area contributed by atoms with Gasteiger partial charge in [-0.2, -0.15) is 0 Å². The van der Waals surface area contributed by atoms with Crippen molar-refractivity contribution in [3.8, 4) is 22.8 Å². The summed E-state index contributed by atoms with van der Waals surface area (Å²) in [5.41, 5.74) is 3.15. The van der Waals surface area contributed by atoms with Crippen molar-refractivity contribution in [3.63, 3.8) is 0 Å². The first-order valence-electron chi connectivity index (χ1n) is 11.1. The number of nitrogens with zero attached hydrogens (tertiary/aromatic N) is 3. The van der Waals surface area contributed by atoms with E-state index in [-0.39, 0.29) is 18.4 Å². The lowest BCUT2D eigenvalue weighted by Crippen LogP contribution is -2.55. The second-order valence-corrected chi connectivity index (χ2v) is 8.18. The Labute approximate surface area is 192 Å². The van der Waals surface area contributed by atoms with Gasteiger partial charge in [0.2, 0.25) is 6.10 Å². The number of rotatable bonds is 3. The van der Waals surface area contributed by atoms with Crippen molar-refractivity contribution < 1.29 is 19.1 Å². The van der Waals surface area contributed by atoms with E-state index >= 15 is 0 Å². The molecule has 2 aromatic carbocycles. The maximum absolute atomic E-state index is 13.1. The van der Waals surface area contributed by atoms with Crippen LogP contribution in [0.15, 0.2) is 66.7 Å². The van der Waals surface area contributed by atoms with Crippen molar-refractivity contribution >= 4 is 11.8 Å². The SMILES string of the molecule is Cc1nc(-c2ccccc2)ccc1C(=O)N1CCN(C(=O)C2COc3ccccc3O2)CC1. The van der Waals surface area contributed by atoms with Crippen LogP contribution in [0.3, 0.4) is 0 Å². The van der Waals surface area contributed by atoms with Crippen LogP contribution >= 0.6 is 0 Å². The Kier molecular flexibility index (Phi) is 5.69. The Morgan fingerprint density at radius 2 is 1.52 bits per heavy atom. The van der Waals surface area contributed by atoms with Crippen LogP contribution in [0.25, 0.3) is 11.3 Å². The van der Waals surface area contributed by atoms with Crippen LogP contribution in [0.1, 0.15) is 16.1 Å². The molecule has 1 fully saturated rings. The summed E-state index contributed by atoms with van der Waals surface area (Å²) in [6.45, 7) is 3.90. The summed E-state index contributed by atoms with van der Waals surface area (Å²) in [6, 6.07) is 21.0. The van der Waals surface area contributed by atoms with Crippen molar-refractivity contribution in [2.24, 2.45) is 0 Å². The molecule has 2 amide bonds. The van der Waals surface area contributed by atoms with Crippen molar-refractivity contribution in [3.05, 3.63) is 78.0 Å². The smallest absolute Gasteiger partial charge is 0.267 e. The quantitative estimate of drug-likeness (QED) is 0.622. The molecule has 0 radical (unpaired) electrons. The van der Waals surface area contributed by atoms with E-state index in [9.17, 15) is 9.59 Å². The minimum Gasteiger partial charge on any atom is -0.485 e. The molecule has 3 aromatic rings. The molecule has 3 heterocycles. The van der Waals surface area contributed by atoms with Gasteiger partial charge in [-0.25, -0.2) is 0 Å². The van der Waals surface area contributed by atoms with E-state index in [2.05, 4.69) is 4.98 Å². The molecule has 1 saturated heterocycles. The molecule has 2 aliphatic rings. The van der Waals surface area contributed by atoms with Gasteiger partial charge in [-0.15, -0.1) is 0 Å². The molecular weight excluding hydrogens is 418 g/mol. The molecule has 1 aromatic heterocycles. The molecule has 1 unspecified atom stereocenters. The number of para-hydroxylation sites is 2. The van der Waals surface area contributed by atoms with Crippen molar-refractivity contribution in [1.82, 2.24) is 14.8 Å². The zero-order chi connectivity index (χ0) is 22.8. The summed E-state index contributed by atoms with van der Waals surface area (Å²) in [6.07, 6.45) is -0.667. The van der Waals surface area contributed by atoms with E-state index in [0.717, 1.165) is 11.3 Å². The average Bonchev–Trinajstić information content (AvgIpc) is 2.88. The third-order valence-electron chi connectivity index (χ3n) is 6.05. The molecule has 0 spiro atoms. The number of hydrogen-bond acceptors (Lipinski definition) is 5. The maximum atomic E-state index is 13.1. The summed E-state index contributed by atoms with van der Waals surface area (Å²) in [5, 5.41) is 0. The van der Waals surface area contributed by atoms with Gasteiger partial charge in [-0.05, 0) is 31.2 Å². The number of carbonyl (C=O) groups excluding carboxylic acids is 2. The minimum absolute atomic E-state index is 0.0575. The predicted molar refractivity (Wildman–Crippen MR) is 123 cm³/mol. The summed E-state index contributed by atoms with van der Waals surface area (Å²) >= 11 is 0. The van der Waals surface area contributed by atoms with Crippen LogP contribution in [0.2, 0.25) is 0 Å². The lowest BCUT2D eigenvalue weighted by atomic mass is 10.1. The molecule has 0 bridgehead atoms. The largest absolute Gasteiger partial charge is 0.485 e. The van der Waals surface area contributed by atoms with Gasteiger partial charge in [-0.3, -0.25) is 14.6 Å². The number of amides is 2. The van der Waals surface area contributed by atoms with Gasteiger partial charge in [0.05, 0.1) is 17.0 Å². The number of benzene rings is 2. The highest BCUT2D eigenvalue weighted by molar-refractivity contribution is 5.95. The number of aromatic nitrogens is 1. The van der Waals surface area contributed by atoms with E-state index in [1.807, 2.05) is 67.6 Å². The second-order valence-electron chi connectivity index (χ2n) is 8.18. The van der Waals surface area contributed by atoms with E-state index in [1.54, 1.807) is 15.9 Å². The Morgan fingerprint density at radius 3 is 2.24 bits per heavy atom. The van der Waals surface area contributed by atoms with E-state index in [1.165, 1.54) is 0 Å². The third kappa shape index (κ3) is 4.26. The van der Waals surface area contributed by atoms with Crippen LogP contribution in [0, 0.1) is 6.92 Å². The lowest BCUT2D eigenvalue weighted by molar-refractivity contribution is -0.142. The van der Waals surface area contributed by atoms with E-state index < -0.39 is 6.10 Å². The fraction of sp³-hybridized carbons (Fsp3) is 0.269. The number of carbonyl (C=O) groups is 2. The Hall–Kier alpha value is -3.87. The Bertz CT molecular complexity index is 1170. The Balaban J connectivity index is 1.21. The summed E-state index contributed by atoms with van der Waals surface area (Å²) in [4.78, 5) is 34.2. The number of ether oxygens (including phenoxy) is 2. The fourth-order valence-electron chi connectivity index (χ4n) is 4.20. The first kappa shape index (κ1) is 21.0. The second kappa shape index (κ2) is 8.94. The number of hydrogen-bond donors (Lipinski definition) is 0. The van der Waals surface area contributed by atoms with Crippen LogP contribution in [-0.4, -0.2) is 65.5 Å². The average molecular weight is 444 g/mol. The molecular formula is C26H25N3O4. The molecule has 5 rings (SSSR count). The highest BCUT2D eigenvalue weighted by Gasteiger charge is 2.33. The first-order valence-corrected chi connectivity index (χ1v) is 11.1. The van der Waals surface area contributed by atoms with Crippen LogP contribution in [0.4, 0.5) is 0 Å². The van der Waals surface area contributed by atoms with Gasteiger partial charge in [0.25, 0.3) is 11.8 Å². The summed E-state index contributed by atoms with van der Waals surface area (Å²) in [7, 11) is 0. The van der Waals surface area contributed by atoms with Crippen molar-refractivity contribution in [2.75, 3.05) is 32.8 Å². The lowest BCUT2D eigenvalue weighted by Gasteiger charge is -2.37. The number of fused-ring (bicyclic) bond motifs is 1. The Morgan fingerprint density at radius 1 is 0.848 bits per heavy atom. The molecule has 0 N–H and O–H groups in total. The molecule has 1 atom stereocenters. The maximum Gasteiger partial charge on any atom is 0.267 e. The topological polar surface area (TPSA) is 72.0 Å². The van der Waals surface area contributed by atoms with Crippen LogP contribution in [0.5, 0.6) is 11.5 Å². The molecule has 0 aliphatic carbocycles. The van der Waals surface area contributed by atoms with Gasteiger partial charge in [0, 0.05) is 31.7 Å². The van der Waals surface area contributed by atoms with Crippen LogP contribution < -0.4 is 9.47 Å². The van der Waals surface area contributed by atoms with Crippen LogP contribution in [-0.2, 0) is 4.79 Å². The van der Waals surface area contributed by atoms with Crippen molar-refractivity contribution in [2.45, 2.75) is 13.0 Å². The van der Waals surface area contributed by atoms with Crippen molar-refractivity contribution in [1.29, 1.82) is 0 Å². The molecule has 33 heavy (non-hydrogen) atoms. The monoisotopic (exact) mass is 443 g/mol. The normalized spacial score (nSPS) is 17.5. The predicted octanol–water partition coefficient (Wildman–Crippen LogP) is 3.18. The molecule has 168 valence electrons. The van der Waals surface area contributed by atoms with E-state index in [0.29, 0.717) is 48.9 Å². The molecule has 7 nitrogen and oxygen atoms in total. The van der Waals surface area contributed by atoms with Gasteiger partial charge >= 0.3 is 0 Å². The standard InChI is InChI=1S/C26H25N3O4/c1-18-20(11-12-21(27-18)19-7-3-2-4-8-19)25(30)28-13-15-29(16-14-28)26(31)24-17-32-22-9-5-6-10-23(22)33-24/h2-12,24H,13-17H2,1H3. The minimum atomic E-state index is -0.667. The van der Waals surface area contributed by atoms with E-state index in [4.69, 9.17) is 9.47 Å². The van der Waals surface area contributed by atoms with Gasteiger partial charge < -0.3 is 19.3 Å². The van der Waals surface area contributed by atoms with Gasteiger partial charge in [-0.1, -0.05) is 42.5 Å². The zero-order valence-corrected chi connectivity index (χ0v) is 18.4. The number of pyridine rings is 1. The fourth-order valence-corrected chi connectivity index (χ4v) is 4.20. The summed E-state index contributed by atoms with van der Waals surface area (Å²) in [5.74, 6) is 1.07. The zero-order valence-electron chi connectivity index (χ0n) is 18.4. The molecule has 2 aliphatic heterocycles. The molecule has 0 saturated carbocycles. The molecule has 7 heteroatoms.